The number of aliphatic hydroxyl groups is 1. The van der Waals surface area contributed by atoms with Gasteiger partial charge >= 0.3 is 5.97 Å². The van der Waals surface area contributed by atoms with Gasteiger partial charge in [-0.15, -0.1) is 17.5 Å². The highest BCUT2D eigenvalue weighted by atomic mass is 35.5. The van der Waals surface area contributed by atoms with E-state index in [2.05, 4.69) is 11.8 Å². The van der Waals surface area contributed by atoms with Crippen LogP contribution in [0.2, 0.25) is 0 Å². The Morgan fingerprint density at radius 3 is 2.68 bits per heavy atom. The van der Waals surface area contributed by atoms with E-state index in [1.807, 2.05) is 0 Å². The molecule has 0 bridgehead atoms. The molecular weight excluding hydrogens is 356 g/mol. The molecule has 0 aromatic heterocycles. The second kappa shape index (κ2) is 11.4. The Morgan fingerprint density at radius 2 is 1.96 bits per heavy atom. The van der Waals surface area contributed by atoms with Crippen LogP contribution >= 0.6 is 23.4 Å². The van der Waals surface area contributed by atoms with Crippen LogP contribution in [0.1, 0.15) is 64.2 Å². The predicted octanol–water partition coefficient (Wildman–Crippen LogP) is 4.55. The molecule has 2 aliphatic carbocycles. The van der Waals surface area contributed by atoms with Crippen LogP contribution in [0.15, 0.2) is 0 Å². The molecule has 0 spiro atoms. The quantitative estimate of drug-likeness (QED) is 0.365. The molecule has 0 radical (unpaired) electrons. The summed E-state index contributed by atoms with van der Waals surface area (Å²) in [7, 11) is 0. The molecule has 5 heteroatoms. The largest absolute Gasteiger partial charge is 0.481 e. The second-order valence-electron chi connectivity index (χ2n) is 7.48. The van der Waals surface area contributed by atoms with Gasteiger partial charge in [-0.2, -0.15) is 11.8 Å². The number of unbranched alkanes of at least 4 members (excludes halogenated alkanes) is 1. The van der Waals surface area contributed by atoms with Gasteiger partial charge in [-0.3, -0.25) is 4.79 Å². The molecule has 0 saturated heterocycles. The summed E-state index contributed by atoms with van der Waals surface area (Å²) >= 11 is 7.93. The first-order valence-corrected chi connectivity index (χ1v) is 11.3. The number of rotatable bonds is 8. The monoisotopic (exact) mass is 386 g/mol. The summed E-state index contributed by atoms with van der Waals surface area (Å²) in [4.78, 5) is 10.5. The fourth-order valence-corrected chi connectivity index (χ4v) is 5.27. The molecule has 2 saturated carbocycles. The summed E-state index contributed by atoms with van der Waals surface area (Å²) < 4.78 is 0. The van der Waals surface area contributed by atoms with Gasteiger partial charge in [-0.1, -0.05) is 31.6 Å². The smallest absolute Gasteiger partial charge is 0.313 e. The van der Waals surface area contributed by atoms with Crippen LogP contribution in [0.3, 0.4) is 0 Å². The van der Waals surface area contributed by atoms with Crippen LogP contribution in [0.4, 0.5) is 0 Å². The Morgan fingerprint density at radius 1 is 1.20 bits per heavy atom. The van der Waals surface area contributed by atoms with Crippen molar-refractivity contribution in [3.63, 3.8) is 0 Å². The van der Waals surface area contributed by atoms with E-state index >= 15 is 0 Å². The van der Waals surface area contributed by atoms with Gasteiger partial charge in [0, 0.05) is 11.8 Å². The Kier molecular flexibility index (Phi) is 9.52. The predicted molar refractivity (Wildman–Crippen MR) is 105 cm³/mol. The number of hydrogen-bond donors (Lipinski definition) is 2. The normalized spacial score (nSPS) is 30.0. The highest BCUT2D eigenvalue weighted by Gasteiger charge is 2.40. The van der Waals surface area contributed by atoms with E-state index in [9.17, 15) is 9.90 Å². The first-order valence-electron chi connectivity index (χ1n) is 9.68. The number of hydrogen-bond acceptors (Lipinski definition) is 3. The zero-order valence-corrected chi connectivity index (χ0v) is 16.5. The van der Waals surface area contributed by atoms with E-state index < -0.39 is 12.1 Å². The third-order valence-corrected chi connectivity index (χ3v) is 7.02. The van der Waals surface area contributed by atoms with Gasteiger partial charge in [-0.25, -0.2) is 0 Å². The van der Waals surface area contributed by atoms with Crippen molar-refractivity contribution in [3.05, 3.63) is 0 Å². The lowest BCUT2D eigenvalue weighted by molar-refractivity contribution is -0.133. The molecular formula is C20H31ClO3S. The highest BCUT2D eigenvalue weighted by molar-refractivity contribution is 7.99. The lowest BCUT2D eigenvalue weighted by Gasteiger charge is -2.20. The van der Waals surface area contributed by atoms with Crippen LogP contribution < -0.4 is 0 Å². The molecule has 0 heterocycles. The molecule has 0 aromatic rings. The maximum Gasteiger partial charge on any atom is 0.313 e. The zero-order valence-electron chi connectivity index (χ0n) is 15.0. The molecule has 0 aromatic carbocycles. The van der Waals surface area contributed by atoms with E-state index in [0.29, 0.717) is 6.42 Å². The Bertz CT molecular complexity index is 467. The minimum atomic E-state index is -0.752. The van der Waals surface area contributed by atoms with Crippen molar-refractivity contribution in [1.29, 1.82) is 0 Å². The molecule has 2 rings (SSSR count). The van der Waals surface area contributed by atoms with Gasteiger partial charge in [0.15, 0.2) is 0 Å². The first-order chi connectivity index (χ1) is 12.1. The Labute approximate surface area is 161 Å². The van der Waals surface area contributed by atoms with Crippen molar-refractivity contribution in [1.82, 2.24) is 0 Å². The topological polar surface area (TPSA) is 57.5 Å². The number of carboxylic acids is 1. The van der Waals surface area contributed by atoms with Gasteiger partial charge in [0.1, 0.15) is 0 Å². The van der Waals surface area contributed by atoms with Crippen molar-refractivity contribution >= 4 is 29.3 Å². The number of thioether (sulfide) groups is 1. The molecule has 2 fully saturated rings. The number of halogens is 1. The summed E-state index contributed by atoms with van der Waals surface area (Å²) in [6, 6.07) is 0. The number of aliphatic hydroxyl groups excluding tert-OH is 1. The van der Waals surface area contributed by atoms with Crippen LogP contribution in [0.5, 0.6) is 0 Å². The number of carboxylic acid groups (broad SMARTS) is 1. The van der Waals surface area contributed by atoms with Gasteiger partial charge in [0.2, 0.25) is 0 Å². The summed E-state index contributed by atoms with van der Waals surface area (Å²) in [6.45, 7) is 0. The van der Waals surface area contributed by atoms with Crippen LogP contribution in [-0.4, -0.2) is 39.2 Å². The minimum Gasteiger partial charge on any atom is -0.481 e. The third kappa shape index (κ3) is 7.41. The lowest BCUT2D eigenvalue weighted by Crippen LogP contribution is -2.19. The van der Waals surface area contributed by atoms with E-state index in [0.717, 1.165) is 37.4 Å². The molecule has 0 aliphatic heterocycles. The molecule has 0 amide bonds. The molecule has 25 heavy (non-hydrogen) atoms. The standard InChI is InChI=1S/C20H31ClO3S/c21-18-13-19(22)17(11-6-9-15-7-2-1-3-8-15)16(18)10-4-5-12-25-14-20(23)24/h15-19,22H,1-5,7-10,12-14H2,(H,23,24)/t16-,17-,18-,19-/m1/s1. The fourth-order valence-electron chi connectivity index (χ4n) is 4.08. The summed E-state index contributed by atoms with van der Waals surface area (Å²) in [6.07, 6.45) is 10.9. The lowest BCUT2D eigenvalue weighted by atomic mass is 9.86. The van der Waals surface area contributed by atoms with Crippen LogP contribution in [0, 0.1) is 29.6 Å². The SMILES string of the molecule is O=C(O)CSCCCC[C@@H]1[C@@H](C#CCC2CCCCC2)[C@H](O)C[C@H]1Cl. The van der Waals surface area contributed by atoms with Crippen molar-refractivity contribution in [2.45, 2.75) is 75.7 Å². The third-order valence-electron chi connectivity index (χ3n) is 5.49. The molecule has 2 N–H and O–H groups in total. The van der Waals surface area contributed by atoms with Gasteiger partial charge in [-0.05, 0) is 49.7 Å². The number of carbonyl (C=O) groups is 1. The van der Waals surface area contributed by atoms with Gasteiger partial charge in [0.25, 0.3) is 0 Å². The second-order valence-corrected chi connectivity index (χ2v) is 9.15. The van der Waals surface area contributed by atoms with Crippen LogP contribution in [-0.2, 0) is 4.79 Å². The van der Waals surface area contributed by atoms with E-state index in [-0.39, 0.29) is 23.0 Å². The number of alkyl halides is 1. The average molecular weight is 387 g/mol. The Balaban J connectivity index is 1.74. The van der Waals surface area contributed by atoms with Crippen molar-refractivity contribution in [2.24, 2.45) is 17.8 Å². The van der Waals surface area contributed by atoms with Crippen molar-refractivity contribution < 1.29 is 15.0 Å². The summed E-state index contributed by atoms with van der Waals surface area (Å²) in [5, 5.41) is 19.0. The average Bonchev–Trinajstić information content (AvgIpc) is 2.85. The molecule has 0 unspecified atom stereocenters. The van der Waals surface area contributed by atoms with E-state index in [1.54, 1.807) is 0 Å². The highest BCUT2D eigenvalue weighted by Crippen LogP contribution is 2.39. The van der Waals surface area contributed by atoms with Gasteiger partial charge in [0.05, 0.1) is 17.8 Å². The zero-order chi connectivity index (χ0) is 18.1. The van der Waals surface area contributed by atoms with E-state index in [4.69, 9.17) is 16.7 Å². The van der Waals surface area contributed by atoms with Crippen LogP contribution in [0.25, 0.3) is 0 Å². The Hall–Kier alpha value is -0.370. The summed E-state index contributed by atoms with van der Waals surface area (Å²) in [5.74, 6) is 8.04. The number of aliphatic carboxylic acids is 1. The molecule has 2 aliphatic rings. The fraction of sp³-hybridized carbons (Fsp3) is 0.850. The summed E-state index contributed by atoms with van der Waals surface area (Å²) in [5.41, 5.74) is 0. The molecule has 4 atom stereocenters. The van der Waals surface area contributed by atoms with Crippen molar-refractivity contribution in [2.75, 3.05) is 11.5 Å². The first kappa shape index (κ1) is 20.9. The molecule has 142 valence electrons. The van der Waals surface area contributed by atoms with Gasteiger partial charge < -0.3 is 10.2 Å². The van der Waals surface area contributed by atoms with E-state index in [1.165, 1.54) is 43.9 Å². The van der Waals surface area contributed by atoms with Crippen molar-refractivity contribution in [3.8, 4) is 11.8 Å². The maximum atomic E-state index is 10.5. The minimum absolute atomic E-state index is 0.00986. The molecule has 3 nitrogen and oxygen atoms in total. The maximum absolute atomic E-state index is 10.5.